The van der Waals surface area contributed by atoms with Crippen LogP contribution in [0.5, 0.6) is 0 Å². The molecule has 1 unspecified atom stereocenters. The Bertz CT molecular complexity index is 1020. The second-order valence-corrected chi connectivity index (χ2v) is 9.70. The number of anilines is 1. The highest BCUT2D eigenvalue weighted by Crippen LogP contribution is 2.48. The lowest BCUT2D eigenvalue weighted by Crippen LogP contribution is -2.59. The van der Waals surface area contributed by atoms with Crippen LogP contribution < -0.4 is 5.32 Å². The van der Waals surface area contributed by atoms with E-state index < -0.39 is 20.5 Å². The summed E-state index contributed by atoms with van der Waals surface area (Å²) in [7, 11) is -3.24. The molecule has 1 amide bonds. The molecule has 3 aliphatic rings. The van der Waals surface area contributed by atoms with Crippen molar-refractivity contribution < 1.29 is 17.6 Å². The first-order chi connectivity index (χ1) is 12.9. The van der Waals surface area contributed by atoms with E-state index in [1.54, 1.807) is 21.7 Å². The number of aromatic nitrogens is 3. The van der Waals surface area contributed by atoms with E-state index in [2.05, 4.69) is 15.4 Å². The molecule has 10 heteroatoms. The van der Waals surface area contributed by atoms with Crippen LogP contribution in [-0.2, 0) is 26.6 Å². The molecule has 2 aromatic rings. The third-order valence-corrected chi connectivity index (χ3v) is 8.35. The maximum absolute atomic E-state index is 13.3. The van der Waals surface area contributed by atoms with Gasteiger partial charge < -0.3 is 10.2 Å². The van der Waals surface area contributed by atoms with Crippen LogP contribution in [0.3, 0.4) is 0 Å². The molecule has 0 saturated carbocycles. The van der Waals surface area contributed by atoms with Crippen LogP contribution in [0.4, 0.5) is 10.3 Å². The molecule has 5 rings (SSSR count). The molecular weight excluding hydrogens is 373 g/mol. The van der Waals surface area contributed by atoms with Crippen molar-refractivity contribution in [3.05, 3.63) is 42.0 Å². The number of nitrogens with one attached hydrogen (secondary N) is 1. The van der Waals surface area contributed by atoms with E-state index in [0.717, 1.165) is 5.56 Å². The highest BCUT2D eigenvalue weighted by atomic mass is 32.2. The summed E-state index contributed by atoms with van der Waals surface area (Å²) in [5, 5.41) is 6.55. The van der Waals surface area contributed by atoms with Gasteiger partial charge >= 0.3 is 0 Å². The van der Waals surface area contributed by atoms with E-state index in [1.165, 1.54) is 18.5 Å². The quantitative estimate of drug-likeness (QED) is 0.776. The number of fused-ring (bicyclic) bond motifs is 2. The summed E-state index contributed by atoms with van der Waals surface area (Å²) in [5.74, 6) is -0.155. The largest absolute Gasteiger partial charge is 0.354 e. The summed E-state index contributed by atoms with van der Waals surface area (Å²) in [5.41, 5.74) is 0.141. The Kier molecular flexibility index (Phi) is 3.40. The minimum Gasteiger partial charge on any atom is -0.354 e. The van der Waals surface area contributed by atoms with Crippen molar-refractivity contribution >= 4 is 21.7 Å². The number of rotatable bonds is 2. The second-order valence-electron chi connectivity index (χ2n) is 7.52. The van der Waals surface area contributed by atoms with Crippen LogP contribution in [0.1, 0.15) is 5.56 Å². The van der Waals surface area contributed by atoms with Gasteiger partial charge in [-0.2, -0.15) is 10.1 Å². The molecule has 1 aromatic carbocycles. The topological polar surface area (TPSA) is 97.2 Å². The van der Waals surface area contributed by atoms with Crippen LogP contribution >= 0.6 is 0 Å². The van der Waals surface area contributed by atoms with Gasteiger partial charge in [-0.3, -0.25) is 4.79 Å². The molecule has 4 heterocycles. The molecule has 1 N–H and O–H groups in total. The Hall–Kier alpha value is -2.49. The minimum atomic E-state index is -3.24. The van der Waals surface area contributed by atoms with Crippen molar-refractivity contribution in [1.29, 1.82) is 0 Å². The van der Waals surface area contributed by atoms with Gasteiger partial charge in [0, 0.05) is 25.0 Å². The summed E-state index contributed by atoms with van der Waals surface area (Å²) in [6, 6.07) is 5.95. The lowest BCUT2D eigenvalue weighted by molar-refractivity contribution is -0.134. The first-order valence-corrected chi connectivity index (χ1v) is 10.5. The number of benzene rings is 1. The molecule has 0 bridgehead atoms. The van der Waals surface area contributed by atoms with Crippen molar-refractivity contribution in [3.8, 4) is 0 Å². The van der Waals surface area contributed by atoms with E-state index in [-0.39, 0.29) is 29.9 Å². The molecule has 8 nitrogen and oxygen atoms in total. The number of likely N-dealkylation sites (tertiary alicyclic amines) is 1. The number of nitrogens with zero attached hydrogens (tertiary/aromatic N) is 4. The van der Waals surface area contributed by atoms with Gasteiger partial charge in [0.15, 0.2) is 9.84 Å². The number of carbonyl (C=O) groups is 1. The van der Waals surface area contributed by atoms with E-state index in [1.807, 2.05) is 0 Å². The third kappa shape index (κ3) is 2.39. The molecule has 3 atom stereocenters. The summed E-state index contributed by atoms with van der Waals surface area (Å²) in [6.45, 7) is 1.37. The molecular formula is C17H18FN5O3S. The number of hydrogen-bond donors (Lipinski definition) is 1. The van der Waals surface area contributed by atoms with Crippen LogP contribution in [0, 0.1) is 11.7 Å². The standard InChI is InChI=1S/C17H18FN5O3S/c18-13-3-1-12(2-4-13)17-8-22(7-14(17)27(25,26)9-17)15(24)11-5-19-16-20-10-21-23(16)6-11/h1-4,10-11,14H,5-9H2,(H,19,20,21)/t11?,14-,17-/m0/s1. The number of halogens is 1. The van der Waals surface area contributed by atoms with Gasteiger partial charge in [-0.05, 0) is 17.7 Å². The van der Waals surface area contributed by atoms with E-state index in [9.17, 15) is 17.6 Å². The van der Waals surface area contributed by atoms with Crippen LogP contribution in [0.15, 0.2) is 30.6 Å². The van der Waals surface area contributed by atoms with Crippen LogP contribution in [0.25, 0.3) is 0 Å². The fourth-order valence-electron chi connectivity index (χ4n) is 4.59. The van der Waals surface area contributed by atoms with Crippen molar-refractivity contribution in [1.82, 2.24) is 19.7 Å². The highest BCUT2D eigenvalue weighted by Gasteiger charge is 2.64. The lowest BCUT2D eigenvalue weighted by atomic mass is 9.80. The molecule has 2 fully saturated rings. The number of hydrogen-bond acceptors (Lipinski definition) is 6. The van der Waals surface area contributed by atoms with Crippen molar-refractivity contribution in [2.24, 2.45) is 5.92 Å². The average molecular weight is 391 g/mol. The third-order valence-electron chi connectivity index (χ3n) is 5.96. The number of amides is 1. The maximum atomic E-state index is 13.3. The zero-order valence-corrected chi connectivity index (χ0v) is 15.2. The molecule has 0 radical (unpaired) electrons. The SMILES string of the molecule is O=C(C1CNc2ncnn2C1)N1C[C@H]2[C@@](c3ccc(F)cc3)(C1)CS2(=O)=O. The molecule has 1 aromatic heterocycles. The van der Waals surface area contributed by atoms with Gasteiger partial charge in [-0.15, -0.1) is 0 Å². The molecule has 0 spiro atoms. The van der Waals surface area contributed by atoms with E-state index >= 15 is 0 Å². The number of sulfone groups is 1. The Morgan fingerprint density at radius 2 is 2.04 bits per heavy atom. The average Bonchev–Trinajstić information content (AvgIpc) is 3.24. The van der Waals surface area contributed by atoms with Crippen molar-refractivity contribution in [3.63, 3.8) is 0 Å². The molecule has 2 saturated heterocycles. The Labute approximate surface area is 155 Å². The lowest BCUT2D eigenvalue weighted by Gasteiger charge is -2.43. The Balaban J connectivity index is 1.41. The summed E-state index contributed by atoms with van der Waals surface area (Å²) >= 11 is 0. The van der Waals surface area contributed by atoms with Crippen LogP contribution in [0.2, 0.25) is 0 Å². The molecule has 142 valence electrons. The van der Waals surface area contributed by atoms with Gasteiger partial charge in [0.25, 0.3) is 0 Å². The van der Waals surface area contributed by atoms with Gasteiger partial charge in [0.05, 0.1) is 23.5 Å². The zero-order chi connectivity index (χ0) is 18.8. The van der Waals surface area contributed by atoms with E-state index in [4.69, 9.17) is 0 Å². The minimum absolute atomic E-state index is 0.00375. The maximum Gasteiger partial charge on any atom is 0.229 e. The van der Waals surface area contributed by atoms with Crippen LogP contribution in [-0.4, -0.2) is 64.6 Å². The molecule has 3 aliphatic heterocycles. The van der Waals surface area contributed by atoms with Gasteiger partial charge in [-0.25, -0.2) is 17.5 Å². The predicted molar refractivity (Wildman–Crippen MR) is 94.2 cm³/mol. The fraction of sp³-hybridized carbons (Fsp3) is 0.471. The summed E-state index contributed by atoms with van der Waals surface area (Å²) in [4.78, 5) is 18.8. The highest BCUT2D eigenvalue weighted by molar-refractivity contribution is 7.93. The number of carbonyl (C=O) groups excluding carboxylic acids is 1. The molecule has 0 aliphatic carbocycles. The first kappa shape index (κ1) is 16.7. The summed E-state index contributed by atoms with van der Waals surface area (Å²) < 4.78 is 39.7. The van der Waals surface area contributed by atoms with E-state index in [0.29, 0.717) is 25.6 Å². The Morgan fingerprint density at radius 1 is 1.26 bits per heavy atom. The van der Waals surface area contributed by atoms with Crippen molar-refractivity contribution in [2.45, 2.75) is 17.2 Å². The molecule has 27 heavy (non-hydrogen) atoms. The summed E-state index contributed by atoms with van der Waals surface area (Å²) in [6.07, 6.45) is 1.43. The monoisotopic (exact) mass is 391 g/mol. The van der Waals surface area contributed by atoms with Crippen molar-refractivity contribution in [2.75, 3.05) is 30.7 Å². The van der Waals surface area contributed by atoms with Gasteiger partial charge in [0.1, 0.15) is 12.1 Å². The smallest absolute Gasteiger partial charge is 0.229 e. The Morgan fingerprint density at radius 3 is 2.78 bits per heavy atom. The van der Waals surface area contributed by atoms with Gasteiger partial charge in [0.2, 0.25) is 11.9 Å². The zero-order valence-electron chi connectivity index (χ0n) is 14.4. The van der Waals surface area contributed by atoms with Gasteiger partial charge in [-0.1, -0.05) is 12.1 Å². The second kappa shape index (κ2) is 5.51. The normalized spacial score (nSPS) is 30.8. The predicted octanol–water partition coefficient (Wildman–Crippen LogP) is 0.0361. The first-order valence-electron chi connectivity index (χ1n) is 8.77. The fourth-order valence-corrected chi connectivity index (χ4v) is 7.06.